The highest BCUT2D eigenvalue weighted by Crippen LogP contribution is 2.32. The maximum absolute atomic E-state index is 13.0. The van der Waals surface area contributed by atoms with E-state index in [1.807, 2.05) is 0 Å². The molecule has 0 spiro atoms. The molecule has 0 N–H and O–H groups in total. The lowest BCUT2D eigenvalue weighted by Gasteiger charge is -2.16. The Labute approximate surface area is 170 Å². The first-order chi connectivity index (χ1) is 14.0. The molecule has 0 aromatic heterocycles. The van der Waals surface area contributed by atoms with Crippen LogP contribution in [0.25, 0.3) is 6.08 Å². The van der Waals surface area contributed by atoms with Gasteiger partial charge in [0.2, 0.25) is 0 Å². The van der Waals surface area contributed by atoms with Crippen molar-refractivity contribution in [3.63, 3.8) is 0 Å². The molecule has 1 fully saturated rings. The Morgan fingerprint density at radius 2 is 1.38 bits per heavy atom. The number of halogens is 1. The van der Waals surface area contributed by atoms with E-state index in [4.69, 9.17) is 0 Å². The number of fused-ring (bicyclic) bond motifs is 1. The second-order valence-corrected chi connectivity index (χ2v) is 7.54. The smallest absolute Gasteiger partial charge is 0.274 e. The zero-order chi connectivity index (χ0) is 20.5. The van der Waals surface area contributed by atoms with Gasteiger partial charge in [0.15, 0.2) is 0 Å². The van der Waals surface area contributed by atoms with Gasteiger partial charge in [0.05, 0.1) is 16.0 Å². The number of hydrogen-bond donors (Lipinski definition) is 0. The number of amides is 4. The summed E-state index contributed by atoms with van der Waals surface area (Å²) in [7, 11) is 0. The van der Waals surface area contributed by atoms with Gasteiger partial charge in [0.25, 0.3) is 23.0 Å². The lowest BCUT2D eigenvalue weighted by Crippen LogP contribution is -2.35. The molecule has 0 radical (unpaired) electrons. The Hall–Kier alpha value is -3.26. The molecular weight excluding hydrogens is 395 g/mol. The third-order valence-electron chi connectivity index (χ3n) is 4.68. The minimum atomic E-state index is -0.438. The van der Waals surface area contributed by atoms with Gasteiger partial charge in [-0.2, -0.15) is 0 Å². The summed E-state index contributed by atoms with van der Waals surface area (Å²) >= 11 is 0.812. The van der Waals surface area contributed by atoms with E-state index in [0.717, 1.165) is 21.6 Å². The molecule has 6 nitrogen and oxygen atoms in total. The topological polar surface area (TPSA) is 74.8 Å². The van der Waals surface area contributed by atoms with Gasteiger partial charge in [0.1, 0.15) is 5.82 Å². The third kappa shape index (κ3) is 3.58. The molecule has 29 heavy (non-hydrogen) atoms. The third-order valence-corrected chi connectivity index (χ3v) is 5.59. The van der Waals surface area contributed by atoms with E-state index in [1.54, 1.807) is 24.3 Å². The van der Waals surface area contributed by atoms with Gasteiger partial charge in [-0.05, 0) is 54.1 Å². The van der Waals surface area contributed by atoms with Crippen LogP contribution in [0.2, 0.25) is 0 Å². The van der Waals surface area contributed by atoms with Gasteiger partial charge in [0, 0.05) is 13.1 Å². The summed E-state index contributed by atoms with van der Waals surface area (Å²) < 4.78 is 13.0. The van der Waals surface area contributed by atoms with E-state index >= 15 is 0 Å². The fourth-order valence-corrected chi connectivity index (χ4v) is 4.10. The molecule has 8 heteroatoms. The van der Waals surface area contributed by atoms with E-state index in [1.165, 1.54) is 30.3 Å². The SMILES string of the molecule is O=C1SC(=Cc2ccc(F)cc2)C(=O)N1CCCN1C(=O)c2ccccc2C1=O. The van der Waals surface area contributed by atoms with Gasteiger partial charge >= 0.3 is 0 Å². The molecule has 0 saturated carbocycles. The molecule has 2 aliphatic heterocycles. The number of carbonyl (C=O) groups is 4. The summed E-state index contributed by atoms with van der Waals surface area (Å²) in [5, 5.41) is -0.411. The molecule has 4 rings (SSSR count). The van der Waals surface area contributed by atoms with Gasteiger partial charge in [-0.3, -0.25) is 29.0 Å². The molecule has 0 bridgehead atoms. The average Bonchev–Trinajstić information content (AvgIpc) is 3.12. The molecule has 0 aliphatic carbocycles. The molecule has 1 saturated heterocycles. The quantitative estimate of drug-likeness (QED) is 0.557. The highest BCUT2D eigenvalue weighted by atomic mass is 32.2. The molecule has 2 aromatic rings. The van der Waals surface area contributed by atoms with Crippen LogP contribution in [0.15, 0.2) is 53.4 Å². The Balaban J connectivity index is 1.39. The van der Waals surface area contributed by atoms with Crippen molar-refractivity contribution in [3.8, 4) is 0 Å². The number of nitrogens with zero attached hydrogens (tertiary/aromatic N) is 2. The maximum Gasteiger partial charge on any atom is 0.293 e. The van der Waals surface area contributed by atoms with Crippen LogP contribution in [0.5, 0.6) is 0 Å². The predicted molar refractivity (Wildman–Crippen MR) is 106 cm³/mol. The van der Waals surface area contributed by atoms with Crippen LogP contribution in [0, 0.1) is 5.82 Å². The standard InChI is InChI=1S/C21H15FN2O4S/c22-14-8-6-13(7-9-14)12-17-20(27)24(21(28)29-17)11-3-10-23-18(25)15-4-1-2-5-16(15)19(23)26/h1-2,4-9,12H,3,10-11H2. The van der Waals surface area contributed by atoms with Gasteiger partial charge in [-0.15, -0.1) is 0 Å². The molecule has 2 aromatic carbocycles. The molecule has 146 valence electrons. The first kappa shape index (κ1) is 19.1. The summed E-state index contributed by atoms with van der Waals surface area (Å²) in [6.45, 7) is 0.212. The Morgan fingerprint density at radius 3 is 2.00 bits per heavy atom. The summed E-state index contributed by atoms with van der Waals surface area (Å²) in [6.07, 6.45) is 1.82. The largest absolute Gasteiger partial charge is 0.293 e. The second-order valence-electron chi connectivity index (χ2n) is 6.55. The molecule has 2 heterocycles. The molecule has 0 unspecified atom stereocenters. The Bertz CT molecular complexity index is 1030. The second kappa shape index (κ2) is 7.63. The lowest BCUT2D eigenvalue weighted by molar-refractivity contribution is -0.122. The van der Waals surface area contributed by atoms with E-state index in [-0.39, 0.29) is 42.0 Å². The first-order valence-corrected chi connectivity index (χ1v) is 9.73. The van der Waals surface area contributed by atoms with Crippen molar-refractivity contribution >= 4 is 40.8 Å². The van der Waals surface area contributed by atoms with Crippen LogP contribution in [0.3, 0.4) is 0 Å². The maximum atomic E-state index is 13.0. The number of rotatable bonds is 5. The fourth-order valence-electron chi connectivity index (χ4n) is 3.23. The van der Waals surface area contributed by atoms with Gasteiger partial charge < -0.3 is 0 Å². The van der Waals surface area contributed by atoms with Crippen LogP contribution in [0.1, 0.15) is 32.7 Å². The monoisotopic (exact) mass is 410 g/mol. The van der Waals surface area contributed by atoms with Crippen LogP contribution < -0.4 is 0 Å². The molecular formula is C21H15FN2O4S. The van der Waals surface area contributed by atoms with Crippen molar-refractivity contribution in [2.45, 2.75) is 6.42 Å². The summed E-state index contributed by atoms with van der Waals surface area (Å²) in [4.78, 5) is 51.9. The van der Waals surface area contributed by atoms with E-state index < -0.39 is 11.1 Å². The number of thioether (sulfide) groups is 1. The van der Waals surface area contributed by atoms with Crippen molar-refractivity contribution in [2.75, 3.05) is 13.1 Å². The Morgan fingerprint density at radius 1 is 0.793 bits per heavy atom. The summed E-state index contributed by atoms with van der Waals surface area (Å²) in [5.41, 5.74) is 1.35. The minimum Gasteiger partial charge on any atom is -0.274 e. The number of imide groups is 2. The summed E-state index contributed by atoms with van der Waals surface area (Å²) in [5.74, 6) is -1.55. The van der Waals surface area contributed by atoms with Crippen LogP contribution in [-0.4, -0.2) is 45.9 Å². The van der Waals surface area contributed by atoms with Crippen molar-refractivity contribution in [3.05, 3.63) is 75.9 Å². The van der Waals surface area contributed by atoms with Crippen LogP contribution in [0.4, 0.5) is 9.18 Å². The highest BCUT2D eigenvalue weighted by Gasteiger charge is 2.37. The lowest BCUT2D eigenvalue weighted by atomic mass is 10.1. The van der Waals surface area contributed by atoms with Crippen molar-refractivity contribution in [2.24, 2.45) is 0 Å². The van der Waals surface area contributed by atoms with Crippen LogP contribution in [-0.2, 0) is 4.79 Å². The minimum absolute atomic E-state index is 0.0961. The average molecular weight is 410 g/mol. The highest BCUT2D eigenvalue weighted by molar-refractivity contribution is 8.18. The Kier molecular flexibility index (Phi) is 5.02. The molecule has 2 aliphatic rings. The van der Waals surface area contributed by atoms with Gasteiger partial charge in [-0.1, -0.05) is 24.3 Å². The number of benzene rings is 2. The molecule has 0 atom stereocenters. The first-order valence-electron chi connectivity index (χ1n) is 8.92. The number of hydrogen-bond acceptors (Lipinski definition) is 5. The van der Waals surface area contributed by atoms with E-state index in [9.17, 15) is 23.6 Å². The van der Waals surface area contributed by atoms with E-state index in [0.29, 0.717) is 16.7 Å². The van der Waals surface area contributed by atoms with Crippen molar-refractivity contribution in [1.82, 2.24) is 9.80 Å². The summed E-state index contributed by atoms with van der Waals surface area (Å²) in [6, 6.07) is 12.2. The zero-order valence-corrected chi connectivity index (χ0v) is 15.9. The number of carbonyl (C=O) groups excluding carboxylic acids is 4. The fraction of sp³-hybridized carbons (Fsp3) is 0.143. The predicted octanol–water partition coefficient (Wildman–Crippen LogP) is 3.55. The van der Waals surface area contributed by atoms with Crippen LogP contribution >= 0.6 is 11.8 Å². The molecule has 4 amide bonds. The zero-order valence-electron chi connectivity index (χ0n) is 15.1. The van der Waals surface area contributed by atoms with E-state index in [2.05, 4.69) is 0 Å². The van der Waals surface area contributed by atoms with Crippen molar-refractivity contribution < 1.29 is 23.6 Å². The normalized spacial score (nSPS) is 17.6. The van der Waals surface area contributed by atoms with Crippen molar-refractivity contribution in [1.29, 1.82) is 0 Å². The van der Waals surface area contributed by atoms with Gasteiger partial charge in [-0.25, -0.2) is 4.39 Å².